The Hall–Kier alpha value is -2.31. The summed E-state index contributed by atoms with van der Waals surface area (Å²) in [4.78, 5) is 18.6. The summed E-state index contributed by atoms with van der Waals surface area (Å²) >= 11 is 0. The molecule has 0 N–H and O–H groups in total. The summed E-state index contributed by atoms with van der Waals surface area (Å²) in [7, 11) is 0. The van der Waals surface area contributed by atoms with Crippen molar-refractivity contribution in [2.45, 2.75) is 56.4 Å². The Morgan fingerprint density at radius 1 is 1.27 bits per heavy atom. The Morgan fingerprint density at radius 2 is 2.04 bits per heavy atom. The van der Waals surface area contributed by atoms with Gasteiger partial charge in [-0.1, -0.05) is 35.5 Å². The Balaban J connectivity index is 1.46. The minimum atomic E-state index is -2.64. The van der Waals surface area contributed by atoms with Crippen LogP contribution in [-0.4, -0.2) is 33.4 Å². The largest absolute Gasteiger partial charge is 0.339 e. The maximum Gasteiger partial charge on any atom is 0.248 e. The zero-order valence-corrected chi connectivity index (χ0v) is 14.6. The first kappa shape index (κ1) is 17.1. The molecule has 1 saturated heterocycles. The molecule has 1 saturated carbocycles. The molecule has 2 aromatic rings. The first-order valence-electron chi connectivity index (χ1n) is 8.99. The average Bonchev–Trinajstić information content (AvgIpc) is 3.33. The van der Waals surface area contributed by atoms with Crippen molar-refractivity contribution in [3.63, 3.8) is 0 Å². The van der Waals surface area contributed by atoms with Crippen LogP contribution < -0.4 is 0 Å². The third-order valence-corrected chi connectivity index (χ3v) is 5.48. The number of rotatable bonds is 4. The molecule has 3 atom stereocenters. The monoisotopic (exact) mass is 361 g/mol. The molecule has 1 aliphatic carbocycles. The zero-order valence-electron chi connectivity index (χ0n) is 14.6. The molecule has 26 heavy (non-hydrogen) atoms. The molecule has 3 unspecified atom stereocenters. The lowest BCUT2D eigenvalue weighted by atomic mass is 10.1. The number of carbonyl (C=O) groups is 1. The van der Waals surface area contributed by atoms with Gasteiger partial charge in [0.15, 0.2) is 5.82 Å². The van der Waals surface area contributed by atoms with Crippen LogP contribution in [0, 0.1) is 0 Å². The van der Waals surface area contributed by atoms with E-state index in [9.17, 15) is 13.6 Å². The molecule has 2 fully saturated rings. The lowest BCUT2D eigenvalue weighted by Crippen LogP contribution is -2.28. The summed E-state index contributed by atoms with van der Waals surface area (Å²) in [6, 6.07) is 9.80. The number of halogens is 2. The van der Waals surface area contributed by atoms with E-state index in [1.807, 2.05) is 42.2 Å². The third kappa shape index (κ3) is 3.22. The number of hydrogen-bond donors (Lipinski definition) is 0. The van der Waals surface area contributed by atoms with Gasteiger partial charge < -0.3 is 9.42 Å². The average molecular weight is 361 g/mol. The predicted molar refractivity (Wildman–Crippen MR) is 89.8 cm³/mol. The molecular formula is C19H21F2N3O2. The lowest BCUT2D eigenvalue weighted by Gasteiger charge is -2.24. The second kappa shape index (κ2) is 6.45. The van der Waals surface area contributed by atoms with E-state index in [-0.39, 0.29) is 36.6 Å². The number of alkyl halides is 2. The van der Waals surface area contributed by atoms with Crippen LogP contribution in [-0.2, 0) is 4.79 Å². The van der Waals surface area contributed by atoms with Crippen LogP contribution in [0.4, 0.5) is 8.78 Å². The normalized spacial score (nSPS) is 26.4. The molecule has 5 nitrogen and oxygen atoms in total. The van der Waals surface area contributed by atoms with Crippen molar-refractivity contribution in [1.82, 2.24) is 15.0 Å². The van der Waals surface area contributed by atoms with Gasteiger partial charge in [-0.25, -0.2) is 8.78 Å². The summed E-state index contributed by atoms with van der Waals surface area (Å²) in [5.74, 6) is -2.42. The summed E-state index contributed by atoms with van der Waals surface area (Å²) in [6.45, 7) is 2.49. The molecule has 0 bridgehead atoms. The maximum atomic E-state index is 13.4. The van der Waals surface area contributed by atoms with Crippen molar-refractivity contribution in [2.24, 2.45) is 0 Å². The first-order chi connectivity index (χ1) is 12.4. The van der Waals surface area contributed by atoms with Gasteiger partial charge in [0.1, 0.15) is 0 Å². The van der Waals surface area contributed by atoms with Gasteiger partial charge >= 0.3 is 0 Å². The van der Waals surface area contributed by atoms with Crippen LogP contribution in [0.3, 0.4) is 0 Å². The van der Waals surface area contributed by atoms with E-state index in [0.29, 0.717) is 31.1 Å². The number of amides is 1. The number of carbonyl (C=O) groups excluding carboxylic acids is 1. The fourth-order valence-corrected chi connectivity index (χ4v) is 3.93. The highest BCUT2D eigenvalue weighted by Gasteiger charge is 2.43. The SMILES string of the molecule is CC(c1ccccc1)N1CC(c2nc(C3CCC(F)(F)C3)no2)CC1=O. The topological polar surface area (TPSA) is 59.2 Å². The number of nitrogens with zero attached hydrogens (tertiary/aromatic N) is 3. The molecule has 0 radical (unpaired) electrons. The Morgan fingerprint density at radius 3 is 2.73 bits per heavy atom. The van der Waals surface area contributed by atoms with Gasteiger partial charge in [-0.3, -0.25) is 4.79 Å². The number of hydrogen-bond acceptors (Lipinski definition) is 4. The fourth-order valence-electron chi connectivity index (χ4n) is 3.93. The lowest BCUT2D eigenvalue weighted by molar-refractivity contribution is -0.129. The van der Waals surface area contributed by atoms with E-state index in [4.69, 9.17) is 4.52 Å². The molecule has 138 valence electrons. The van der Waals surface area contributed by atoms with Crippen LogP contribution in [0.2, 0.25) is 0 Å². The maximum absolute atomic E-state index is 13.4. The number of likely N-dealkylation sites (tertiary alicyclic amines) is 1. The van der Waals surface area contributed by atoms with E-state index >= 15 is 0 Å². The van der Waals surface area contributed by atoms with Crippen molar-refractivity contribution < 1.29 is 18.1 Å². The van der Waals surface area contributed by atoms with Crippen LogP contribution in [0.15, 0.2) is 34.9 Å². The third-order valence-electron chi connectivity index (χ3n) is 5.48. The second-order valence-corrected chi connectivity index (χ2v) is 7.32. The zero-order chi connectivity index (χ0) is 18.3. The predicted octanol–water partition coefficient (Wildman–Crippen LogP) is 4.05. The summed E-state index contributed by atoms with van der Waals surface area (Å²) in [6.07, 6.45) is 0.310. The molecule has 1 aliphatic heterocycles. The van der Waals surface area contributed by atoms with Gasteiger partial charge in [-0.2, -0.15) is 4.98 Å². The van der Waals surface area contributed by atoms with Gasteiger partial charge in [-0.15, -0.1) is 0 Å². The van der Waals surface area contributed by atoms with Crippen molar-refractivity contribution >= 4 is 5.91 Å². The molecule has 7 heteroatoms. The second-order valence-electron chi connectivity index (χ2n) is 7.32. The fraction of sp³-hybridized carbons (Fsp3) is 0.526. The number of aromatic nitrogens is 2. The summed E-state index contributed by atoms with van der Waals surface area (Å²) in [5.41, 5.74) is 1.07. The van der Waals surface area contributed by atoms with E-state index in [0.717, 1.165) is 5.56 Å². The highest BCUT2D eigenvalue weighted by atomic mass is 19.3. The van der Waals surface area contributed by atoms with Crippen molar-refractivity contribution in [3.05, 3.63) is 47.6 Å². The molecule has 2 heterocycles. The minimum absolute atomic E-state index is 0.0374. The molecule has 1 amide bonds. The molecule has 1 aromatic carbocycles. The number of benzene rings is 1. The van der Waals surface area contributed by atoms with Crippen LogP contribution in [0.1, 0.15) is 67.8 Å². The van der Waals surface area contributed by atoms with Crippen molar-refractivity contribution in [2.75, 3.05) is 6.54 Å². The van der Waals surface area contributed by atoms with E-state index in [1.54, 1.807) is 0 Å². The first-order valence-corrected chi connectivity index (χ1v) is 8.99. The minimum Gasteiger partial charge on any atom is -0.339 e. The van der Waals surface area contributed by atoms with E-state index < -0.39 is 5.92 Å². The molecule has 4 rings (SSSR count). The smallest absolute Gasteiger partial charge is 0.248 e. The quantitative estimate of drug-likeness (QED) is 0.824. The highest BCUT2D eigenvalue weighted by Crippen LogP contribution is 2.43. The van der Waals surface area contributed by atoms with E-state index in [1.165, 1.54) is 0 Å². The van der Waals surface area contributed by atoms with Crippen molar-refractivity contribution in [1.29, 1.82) is 0 Å². The van der Waals surface area contributed by atoms with Gasteiger partial charge in [0.2, 0.25) is 17.7 Å². The van der Waals surface area contributed by atoms with Gasteiger partial charge in [0, 0.05) is 31.7 Å². The van der Waals surface area contributed by atoms with Crippen LogP contribution >= 0.6 is 0 Å². The van der Waals surface area contributed by atoms with Gasteiger partial charge in [0.25, 0.3) is 0 Å². The van der Waals surface area contributed by atoms with Crippen molar-refractivity contribution in [3.8, 4) is 0 Å². The van der Waals surface area contributed by atoms with Crippen LogP contribution in [0.25, 0.3) is 0 Å². The Labute approximate surface area is 150 Å². The van der Waals surface area contributed by atoms with E-state index in [2.05, 4.69) is 10.1 Å². The highest BCUT2D eigenvalue weighted by molar-refractivity contribution is 5.80. The summed E-state index contributed by atoms with van der Waals surface area (Å²) in [5, 5.41) is 3.91. The van der Waals surface area contributed by atoms with Crippen LogP contribution in [0.5, 0.6) is 0 Å². The molecule has 2 aliphatic rings. The van der Waals surface area contributed by atoms with Gasteiger partial charge in [0.05, 0.1) is 12.0 Å². The standard InChI is InChI=1S/C19H21F2N3O2/c1-12(13-5-3-2-4-6-13)24-11-15(9-16(24)25)18-22-17(23-26-18)14-7-8-19(20,21)10-14/h2-6,12,14-15H,7-11H2,1H3. The molecule has 0 spiro atoms. The Kier molecular flexibility index (Phi) is 4.25. The molecule has 1 aromatic heterocycles. The molecular weight excluding hydrogens is 340 g/mol. The Bertz CT molecular complexity index is 793. The summed E-state index contributed by atoms with van der Waals surface area (Å²) < 4.78 is 32.1. The van der Waals surface area contributed by atoms with Gasteiger partial charge in [-0.05, 0) is 18.9 Å².